The Morgan fingerprint density at radius 3 is 2.85 bits per heavy atom. The highest BCUT2D eigenvalue weighted by Gasteiger charge is 2.10. The van der Waals surface area contributed by atoms with E-state index >= 15 is 0 Å². The molecule has 1 aromatic heterocycles. The van der Waals surface area contributed by atoms with Crippen LogP contribution in [0, 0.1) is 5.92 Å². The number of nitrogens with zero attached hydrogens (tertiary/aromatic N) is 2. The van der Waals surface area contributed by atoms with Crippen LogP contribution in [-0.4, -0.2) is 15.5 Å². The van der Waals surface area contributed by atoms with Crippen LogP contribution in [0.25, 0.3) is 0 Å². The van der Waals surface area contributed by atoms with E-state index in [0.29, 0.717) is 23.7 Å². The molecule has 0 aliphatic rings. The van der Waals surface area contributed by atoms with Crippen molar-refractivity contribution in [3.05, 3.63) is 48.0 Å². The third kappa shape index (κ3) is 3.38. The summed E-state index contributed by atoms with van der Waals surface area (Å²) in [6.45, 7) is 5.58. The number of nitrogens with one attached hydrogen (secondary N) is 1. The Morgan fingerprint density at radius 1 is 1.40 bits per heavy atom. The van der Waals surface area contributed by atoms with Crippen LogP contribution in [0.2, 0.25) is 0 Å². The van der Waals surface area contributed by atoms with Gasteiger partial charge in [0.25, 0.3) is 5.91 Å². The van der Waals surface area contributed by atoms with Crippen LogP contribution in [-0.2, 0) is 13.1 Å². The number of anilines is 1. The first kappa shape index (κ1) is 14.1. The molecule has 5 nitrogen and oxygen atoms in total. The Bertz CT molecular complexity index is 589. The number of rotatable bonds is 5. The van der Waals surface area contributed by atoms with Gasteiger partial charge in [0.2, 0.25) is 0 Å². The van der Waals surface area contributed by atoms with Crippen molar-refractivity contribution in [3.8, 4) is 0 Å². The molecule has 3 N–H and O–H groups in total. The Morgan fingerprint density at radius 2 is 2.15 bits per heavy atom. The summed E-state index contributed by atoms with van der Waals surface area (Å²) < 4.78 is 2.05. The maximum atomic E-state index is 12.1. The number of nitrogen functional groups attached to an aromatic ring is 1. The van der Waals surface area contributed by atoms with Crippen molar-refractivity contribution in [2.45, 2.75) is 26.9 Å². The van der Waals surface area contributed by atoms with E-state index in [4.69, 9.17) is 5.73 Å². The summed E-state index contributed by atoms with van der Waals surface area (Å²) in [7, 11) is 0. The third-order valence-corrected chi connectivity index (χ3v) is 2.98. The summed E-state index contributed by atoms with van der Waals surface area (Å²) in [6, 6.07) is 7.03. The van der Waals surface area contributed by atoms with E-state index in [1.807, 2.05) is 12.3 Å². The topological polar surface area (TPSA) is 72.9 Å². The average Bonchev–Trinajstić information content (AvgIpc) is 2.83. The van der Waals surface area contributed by atoms with Gasteiger partial charge in [-0.3, -0.25) is 4.79 Å². The second-order valence-electron chi connectivity index (χ2n) is 5.16. The molecule has 0 atom stereocenters. The van der Waals surface area contributed by atoms with Crippen LogP contribution in [0.15, 0.2) is 36.7 Å². The number of benzene rings is 1. The first-order valence-electron chi connectivity index (χ1n) is 6.70. The molecule has 0 spiro atoms. The summed E-state index contributed by atoms with van der Waals surface area (Å²) in [5, 5.41) is 2.85. The number of hydrogen-bond acceptors (Lipinski definition) is 3. The van der Waals surface area contributed by atoms with Crippen LogP contribution in [0.4, 0.5) is 5.69 Å². The van der Waals surface area contributed by atoms with Gasteiger partial charge in [-0.2, -0.15) is 0 Å². The molecular weight excluding hydrogens is 252 g/mol. The molecule has 0 aliphatic heterocycles. The summed E-state index contributed by atoms with van der Waals surface area (Å²) in [5.74, 6) is 1.20. The SMILES string of the molecule is CC(C)Cn1ccnc1CNC(=O)c1ccccc1N. The summed E-state index contributed by atoms with van der Waals surface area (Å²) in [4.78, 5) is 16.3. The van der Waals surface area contributed by atoms with Gasteiger partial charge in [0.15, 0.2) is 0 Å². The number of amides is 1. The second kappa shape index (κ2) is 6.23. The largest absolute Gasteiger partial charge is 0.398 e. The van der Waals surface area contributed by atoms with Gasteiger partial charge in [0.05, 0.1) is 12.1 Å². The zero-order valence-corrected chi connectivity index (χ0v) is 11.8. The fourth-order valence-corrected chi connectivity index (χ4v) is 2.03. The van der Waals surface area contributed by atoms with Gasteiger partial charge in [0.1, 0.15) is 5.82 Å². The van der Waals surface area contributed by atoms with E-state index in [-0.39, 0.29) is 5.91 Å². The van der Waals surface area contributed by atoms with Gasteiger partial charge in [0, 0.05) is 24.6 Å². The van der Waals surface area contributed by atoms with Crippen molar-refractivity contribution in [1.29, 1.82) is 0 Å². The number of hydrogen-bond donors (Lipinski definition) is 2. The normalized spacial score (nSPS) is 10.8. The van der Waals surface area contributed by atoms with E-state index in [1.165, 1.54) is 0 Å². The lowest BCUT2D eigenvalue weighted by Crippen LogP contribution is -2.25. The highest BCUT2D eigenvalue weighted by Crippen LogP contribution is 2.10. The minimum atomic E-state index is -0.179. The summed E-state index contributed by atoms with van der Waals surface area (Å²) >= 11 is 0. The van der Waals surface area contributed by atoms with Crippen LogP contribution in [0.3, 0.4) is 0 Å². The first-order valence-corrected chi connectivity index (χ1v) is 6.70. The van der Waals surface area contributed by atoms with Crippen LogP contribution in [0.1, 0.15) is 30.0 Å². The van der Waals surface area contributed by atoms with Gasteiger partial charge >= 0.3 is 0 Å². The van der Waals surface area contributed by atoms with Gasteiger partial charge in [-0.15, -0.1) is 0 Å². The van der Waals surface area contributed by atoms with E-state index in [0.717, 1.165) is 12.4 Å². The third-order valence-electron chi connectivity index (χ3n) is 2.98. The number of aromatic nitrogens is 2. The molecule has 20 heavy (non-hydrogen) atoms. The predicted molar refractivity (Wildman–Crippen MR) is 79.1 cm³/mol. The molecule has 0 saturated carbocycles. The molecule has 0 fully saturated rings. The molecule has 0 unspecified atom stereocenters. The fourth-order valence-electron chi connectivity index (χ4n) is 2.03. The molecule has 0 radical (unpaired) electrons. The summed E-state index contributed by atoms with van der Waals surface area (Å²) in [5.41, 5.74) is 6.76. The molecule has 106 valence electrons. The minimum Gasteiger partial charge on any atom is -0.398 e. The van der Waals surface area contributed by atoms with E-state index in [1.54, 1.807) is 24.4 Å². The molecule has 0 bridgehead atoms. The Hall–Kier alpha value is -2.30. The standard InChI is InChI=1S/C15H20N4O/c1-11(2)10-19-8-7-17-14(19)9-18-15(20)12-5-3-4-6-13(12)16/h3-8,11H,9-10,16H2,1-2H3,(H,18,20). The smallest absolute Gasteiger partial charge is 0.253 e. The van der Waals surface area contributed by atoms with Crippen molar-refractivity contribution < 1.29 is 4.79 Å². The van der Waals surface area contributed by atoms with Crippen LogP contribution in [0.5, 0.6) is 0 Å². The van der Waals surface area contributed by atoms with Gasteiger partial charge in [-0.1, -0.05) is 26.0 Å². The minimum absolute atomic E-state index is 0.179. The van der Waals surface area contributed by atoms with Gasteiger partial charge in [-0.05, 0) is 18.1 Å². The highest BCUT2D eigenvalue weighted by molar-refractivity contribution is 5.98. The van der Waals surface area contributed by atoms with E-state index < -0.39 is 0 Å². The molecule has 5 heteroatoms. The lowest BCUT2D eigenvalue weighted by Gasteiger charge is -2.11. The highest BCUT2D eigenvalue weighted by atomic mass is 16.1. The van der Waals surface area contributed by atoms with E-state index in [9.17, 15) is 4.79 Å². The van der Waals surface area contributed by atoms with Crippen LogP contribution < -0.4 is 11.1 Å². The fraction of sp³-hybridized carbons (Fsp3) is 0.333. The molecule has 2 rings (SSSR count). The van der Waals surface area contributed by atoms with Crippen LogP contribution >= 0.6 is 0 Å². The van der Waals surface area contributed by atoms with E-state index in [2.05, 4.69) is 28.7 Å². The number of nitrogens with two attached hydrogens (primary N) is 1. The molecule has 1 heterocycles. The quantitative estimate of drug-likeness (QED) is 0.818. The number of para-hydroxylation sites is 1. The van der Waals surface area contributed by atoms with Crippen molar-refractivity contribution in [3.63, 3.8) is 0 Å². The zero-order valence-electron chi connectivity index (χ0n) is 11.8. The molecular formula is C15H20N4O. The predicted octanol–water partition coefficient (Wildman–Crippen LogP) is 2.05. The Labute approximate surface area is 118 Å². The van der Waals surface area contributed by atoms with Crippen molar-refractivity contribution >= 4 is 11.6 Å². The molecule has 0 aliphatic carbocycles. The second-order valence-corrected chi connectivity index (χ2v) is 5.16. The molecule has 1 amide bonds. The summed E-state index contributed by atoms with van der Waals surface area (Å²) in [6.07, 6.45) is 3.68. The maximum Gasteiger partial charge on any atom is 0.253 e. The molecule has 0 saturated heterocycles. The average molecular weight is 272 g/mol. The number of carbonyl (C=O) groups excluding carboxylic acids is 1. The number of imidazole rings is 1. The lowest BCUT2D eigenvalue weighted by atomic mass is 10.1. The Balaban J connectivity index is 2.01. The van der Waals surface area contributed by atoms with Crippen molar-refractivity contribution in [2.75, 3.05) is 5.73 Å². The Kier molecular flexibility index (Phi) is 4.40. The van der Waals surface area contributed by atoms with Crippen molar-refractivity contribution in [2.24, 2.45) is 5.92 Å². The van der Waals surface area contributed by atoms with Gasteiger partial charge < -0.3 is 15.6 Å². The monoisotopic (exact) mass is 272 g/mol. The lowest BCUT2D eigenvalue weighted by molar-refractivity contribution is 0.0950. The molecule has 1 aromatic carbocycles. The first-order chi connectivity index (χ1) is 9.58. The number of carbonyl (C=O) groups is 1. The van der Waals surface area contributed by atoms with Gasteiger partial charge in [-0.25, -0.2) is 4.98 Å². The zero-order chi connectivity index (χ0) is 14.5. The van der Waals surface area contributed by atoms with Crippen molar-refractivity contribution in [1.82, 2.24) is 14.9 Å². The maximum absolute atomic E-state index is 12.1. The molecule has 2 aromatic rings.